The van der Waals surface area contributed by atoms with Gasteiger partial charge in [-0.3, -0.25) is 9.78 Å². The number of carbonyl (C=O) groups excluding carboxylic acids is 1. The molecule has 23 heavy (non-hydrogen) atoms. The molecular weight excluding hydrogens is 286 g/mol. The second-order valence-corrected chi connectivity index (χ2v) is 5.01. The van der Waals surface area contributed by atoms with Crippen LogP contribution in [0.2, 0.25) is 0 Å². The van der Waals surface area contributed by atoms with Gasteiger partial charge in [0.2, 0.25) is 0 Å². The van der Waals surface area contributed by atoms with E-state index in [1.807, 2.05) is 68.5 Å². The van der Waals surface area contributed by atoms with E-state index in [0.717, 1.165) is 11.3 Å². The Bertz CT molecular complexity index is 729. The molecule has 0 radical (unpaired) electrons. The molecule has 1 N–H and O–H groups in total. The van der Waals surface area contributed by atoms with Crippen molar-refractivity contribution in [3.63, 3.8) is 0 Å². The maximum atomic E-state index is 11.9. The number of aromatic nitrogens is 1. The van der Waals surface area contributed by atoms with Crippen LogP contribution in [-0.4, -0.2) is 16.6 Å². The molecule has 116 valence electrons. The second kappa shape index (κ2) is 8.44. The van der Waals surface area contributed by atoms with Crippen LogP contribution in [-0.2, 0) is 0 Å². The van der Waals surface area contributed by atoms with Gasteiger partial charge in [-0.15, -0.1) is 0 Å². The van der Waals surface area contributed by atoms with Gasteiger partial charge in [-0.1, -0.05) is 48.6 Å². The zero-order valence-electron chi connectivity index (χ0n) is 13.2. The molecular formula is C19H19N3O. The summed E-state index contributed by atoms with van der Waals surface area (Å²) < 4.78 is 0. The van der Waals surface area contributed by atoms with Crippen molar-refractivity contribution in [1.82, 2.24) is 10.4 Å². The van der Waals surface area contributed by atoms with Crippen molar-refractivity contribution in [2.75, 3.05) is 0 Å². The van der Waals surface area contributed by atoms with E-state index < -0.39 is 0 Å². The number of carbonyl (C=O) groups is 1. The number of allylic oxidation sites excluding steroid dienone is 3. The molecule has 2 aromatic rings. The van der Waals surface area contributed by atoms with Crippen molar-refractivity contribution in [2.24, 2.45) is 5.10 Å². The van der Waals surface area contributed by atoms with Crippen LogP contribution in [0.1, 0.15) is 28.5 Å². The number of pyridine rings is 1. The summed E-state index contributed by atoms with van der Waals surface area (Å²) in [6.07, 6.45) is 9.17. The maximum Gasteiger partial charge on any atom is 0.272 e. The fraction of sp³-hybridized carbons (Fsp3) is 0.105. The number of nitrogens with zero attached hydrogens (tertiary/aromatic N) is 2. The SMILES string of the molecule is CC(C=CC=Cc1ccccc1)=NNC(=O)c1ccc(C)nc1. The first-order chi connectivity index (χ1) is 11.1. The summed E-state index contributed by atoms with van der Waals surface area (Å²) in [5.74, 6) is -0.273. The number of benzene rings is 1. The summed E-state index contributed by atoms with van der Waals surface area (Å²) >= 11 is 0. The number of aryl methyl sites for hydroxylation is 1. The van der Waals surface area contributed by atoms with Crippen molar-refractivity contribution >= 4 is 17.7 Å². The van der Waals surface area contributed by atoms with Crippen molar-refractivity contribution in [1.29, 1.82) is 0 Å². The Kier molecular flexibility index (Phi) is 6.00. The van der Waals surface area contributed by atoms with Crippen molar-refractivity contribution in [3.05, 3.63) is 83.7 Å². The Hall–Kier alpha value is -3.01. The fourth-order valence-corrected chi connectivity index (χ4v) is 1.77. The predicted molar refractivity (Wildman–Crippen MR) is 94.2 cm³/mol. The second-order valence-electron chi connectivity index (χ2n) is 5.01. The van der Waals surface area contributed by atoms with Gasteiger partial charge in [0, 0.05) is 11.9 Å². The van der Waals surface area contributed by atoms with Gasteiger partial charge in [-0.05, 0) is 37.6 Å². The first-order valence-electron chi connectivity index (χ1n) is 7.32. The molecule has 0 fully saturated rings. The number of nitrogens with one attached hydrogen (secondary N) is 1. The van der Waals surface area contributed by atoms with Gasteiger partial charge in [-0.2, -0.15) is 5.10 Å². The lowest BCUT2D eigenvalue weighted by Crippen LogP contribution is -2.18. The molecule has 0 atom stereocenters. The van der Waals surface area contributed by atoms with E-state index >= 15 is 0 Å². The van der Waals surface area contributed by atoms with Crippen molar-refractivity contribution in [2.45, 2.75) is 13.8 Å². The molecule has 1 heterocycles. The summed E-state index contributed by atoms with van der Waals surface area (Å²) in [7, 11) is 0. The van der Waals surface area contributed by atoms with Gasteiger partial charge in [0.25, 0.3) is 5.91 Å². The van der Waals surface area contributed by atoms with Crippen LogP contribution in [0.15, 0.2) is 72.0 Å². The highest BCUT2D eigenvalue weighted by Crippen LogP contribution is 2.01. The largest absolute Gasteiger partial charge is 0.272 e. The molecule has 0 aliphatic heterocycles. The minimum absolute atomic E-state index is 0.273. The van der Waals surface area contributed by atoms with Gasteiger partial charge in [0.15, 0.2) is 0 Å². The summed E-state index contributed by atoms with van der Waals surface area (Å²) in [6, 6.07) is 13.5. The van der Waals surface area contributed by atoms with Crippen LogP contribution in [0.4, 0.5) is 0 Å². The summed E-state index contributed by atoms with van der Waals surface area (Å²) in [5.41, 5.74) is 5.70. The molecule has 0 spiro atoms. The van der Waals surface area contributed by atoms with Gasteiger partial charge in [0.05, 0.1) is 11.3 Å². The summed E-state index contributed by atoms with van der Waals surface area (Å²) in [4.78, 5) is 16.0. The van der Waals surface area contributed by atoms with Crippen LogP contribution < -0.4 is 5.43 Å². The molecule has 0 saturated carbocycles. The highest BCUT2D eigenvalue weighted by atomic mass is 16.2. The number of hydrogen-bond donors (Lipinski definition) is 1. The molecule has 0 aliphatic carbocycles. The number of amides is 1. The first-order valence-corrected chi connectivity index (χ1v) is 7.32. The Morgan fingerprint density at radius 2 is 1.91 bits per heavy atom. The van der Waals surface area contributed by atoms with E-state index in [1.54, 1.807) is 12.1 Å². The van der Waals surface area contributed by atoms with Gasteiger partial charge < -0.3 is 0 Å². The van der Waals surface area contributed by atoms with Gasteiger partial charge in [0.1, 0.15) is 0 Å². The highest BCUT2D eigenvalue weighted by molar-refractivity contribution is 5.97. The molecule has 4 nitrogen and oxygen atoms in total. The Labute approximate surface area is 136 Å². The smallest absolute Gasteiger partial charge is 0.267 e. The van der Waals surface area contributed by atoms with Crippen LogP contribution in [0, 0.1) is 6.92 Å². The third-order valence-corrected chi connectivity index (χ3v) is 3.04. The molecule has 0 aliphatic rings. The zero-order chi connectivity index (χ0) is 16.5. The monoisotopic (exact) mass is 305 g/mol. The van der Waals surface area contributed by atoms with Crippen molar-refractivity contribution in [3.8, 4) is 0 Å². The van der Waals surface area contributed by atoms with Crippen LogP contribution in [0.25, 0.3) is 6.08 Å². The van der Waals surface area contributed by atoms with Crippen LogP contribution in [0.3, 0.4) is 0 Å². The van der Waals surface area contributed by atoms with E-state index in [1.165, 1.54) is 6.20 Å². The Balaban J connectivity index is 1.87. The van der Waals surface area contributed by atoms with E-state index in [9.17, 15) is 4.79 Å². The fourth-order valence-electron chi connectivity index (χ4n) is 1.77. The number of hydrazone groups is 1. The lowest BCUT2D eigenvalue weighted by atomic mass is 10.2. The standard InChI is InChI=1S/C19H19N3O/c1-15-12-13-18(14-20-15)19(23)22-21-16(2)8-6-7-11-17-9-4-3-5-10-17/h3-14H,1-2H3,(H,22,23). The van der Waals surface area contributed by atoms with Crippen LogP contribution >= 0.6 is 0 Å². The minimum Gasteiger partial charge on any atom is -0.267 e. The quantitative estimate of drug-likeness (QED) is 0.519. The Morgan fingerprint density at radius 3 is 2.61 bits per heavy atom. The Morgan fingerprint density at radius 1 is 1.13 bits per heavy atom. The van der Waals surface area contributed by atoms with E-state index in [4.69, 9.17) is 0 Å². The van der Waals surface area contributed by atoms with E-state index in [2.05, 4.69) is 15.5 Å². The van der Waals surface area contributed by atoms with E-state index in [-0.39, 0.29) is 5.91 Å². The summed E-state index contributed by atoms with van der Waals surface area (Å²) in [6.45, 7) is 3.69. The van der Waals surface area contributed by atoms with Crippen LogP contribution in [0.5, 0.6) is 0 Å². The summed E-state index contributed by atoms with van der Waals surface area (Å²) in [5, 5.41) is 4.04. The topological polar surface area (TPSA) is 54.4 Å². The third-order valence-electron chi connectivity index (χ3n) is 3.04. The van der Waals surface area contributed by atoms with Gasteiger partial charge in [-0.25, -0.2) is 5.43 Å². The minimum atomic E-state index is -0.273. The number of hydrogen-bond acceptors (Lipinski definition) is 3. The average Bonchev–Trinajstić information content (AvgIpc) is 2.58. The third kappa shape index (κ3) is 5.71. The average molecular weight is 305 g/mol. The normalized spacial score (nSPS) is 12.0. The molecule has 4 heteroatoms. The van der Waals surface area contributed by atoms with Crippen molar-refractivity contribution < 1.29 is 4.79 Å². The molecule has 1 aromatic carbocycles. The number of rotatable bonds is 5. The first kappa shape index (κ1) is 16.4. The molecule has 1 amide bonds. The highest BCUT2D eigenvalue weighted by Gasteiger charge is 2.03. The maximum absolute atomic E-state index is 11.9. The zero-order valence-corrected chi connectivity index (χ0v) is 13.2. The van der Waals surface area contributed by atoms with E-state index in [0.29, 0.717) is 11.3 Å². The molecule has 1 aromatic heterocycles. The van der Waals surface area contributed by atoms with Gasteiger partial charge >= 0.3 is 0 Å². The lowest BCUT2D eigenvalue weighted by molar-refractivity contribution is 0.0954. The molecule has 0 unspecified atom stereocenters. The molecule has 2 rings (SSSR count). The lowest BCUT2D eigenvalue weighted by Gasteiger charge is -2.00. The molecule has 0 saturated heterocycles. The predicted octanol–water partition coefficient (Wildman–Crippen LogP) is 3.77. The molecule has 0 bridgehead atoms.